The van der Waals surface area contributed by atoms with Crippen LogP contribution in [0.5, 0.6) is 0 Å². The van der Waals surface area contributed by atoms with Gasteiger partial charge in [-0.1, -0.05) is 0 Å². The van der Waals surface area contributed by atoms with Crippen molar-refractivity contribution in [3.63, 3.8) is 0 Å². The van der Waals surface area contributed by atoms with Gasteiger partial charge in [-0.3, -0.25) is 0 Å². The Kier molecular flexibility index (Phi) is 1.08. The third-order valence-electron chi connectivity index (χ3n) is 2.80. The molecule has 1 heterocycles. The Balaban J connectivity index is 2.02. The molecule has 3 unspecified atom stereocenters. The highest BCUT2D eigenvalue weighted by Gasteiger charge is 2.50. The Bertz CT molecular complexity index is 122. The van der Waals surface area contributed by atoms with Crippen molar-refractivity contribution in [1.82, 2.24) is 4.90 Å². The molecule has 2 nitrogen and oxygen atoms in total. The zero-order chi connectivity index (χ0) is 6.43. The molecule has 0 bridgehead atoms. The van der Waals surface area contributed by atoms with Crippen LogP contribution in [0.3, 0.4) is 0 Å². The van der Waals surface area contributed by atoms with E-state index < -0.39 is 0 Å². The molecule has 0 amide bonds. The lowest BCUT2D eigenvalue weighted by atomic mass is 10.2. The summed E-state index contributed by atoms with van der Waals surface area (Å²) >= 11 is 0. The number of likely N-dealkylation sites (N-methyl/N-ethyl adjacent to an activating group) is 1. The molecular formula is C7H14N2. The van der Waals surface area contributed by atoms with Crippen LogP contribution in [0, 0.1) is 11.8 Å². The number of hydrogen-bond donors (Lipinski definition) is 1. The fourth-order valence-corrected chi connectivity index (χ4v) is 2.14. The van der Waals surface area contributed by atoms with Crippen molar-refractivity contribution >= 4 is 0 Å². The third-order valence-corrected chi connectivity index (χ3v) is 2.80. The van der Waals surface area contributed by atoms with Crippen LogP contribution in [0.4, 0.5) is 0 Å². The van der Waals surface area contributed by atoms with Gasteiger partial charge in [-0.15, -0.1) is 0 Å². The number of piperidine rings is 1. The molecule has 52 valence electrons. The van der Waals surface area contributed by atoms with Gasteiger partial charge in [0.15, 0.2) is 0 Å². The number of rotatable bonds is 1. The standard InChI is InChI=1S/C7H14N2/c1-9-4-5-2-6(5)7(9)3-8/h5-7H,2-4,8H2,1H3. The lowest BCUT2D eigenvalue weighted by Crippen LogP contribution is -2.35. The molecule has 0 aromatic heterocycles. The normalized spacial score (nSPS) is 49.3. The summed E-state index contributed by atoms with van der Waals surface area (Å²) in [5.74, 6) is 1.99. The van der Waals surface area contributed by atoms with Crippen molar-refractivity contribution < 1.29 is 0 Å². The minimum Gasteiger partial charge on any atom is -0.329 e. The molecule has 1 aliphatic carbocycles. The van der Waals surface area contributed by atoms with Crippen LogP contribution in [0.15, 0.2) is 0 Å². The number of likely N-dealkylation sites (tertiary alicyclic amines) is 1. The van der Waals surface area contributed by atoms with Crippen LogP contribution >= 0.6 is 0 Å². The van der Waals surface area contributed by atoms with Gasteiger partial charge in [0.25, 0.3) is 0 Å². The van der Waals surface area contributed by atoms with Crippen LogP contribution in [-0.2, 0) is 0 Å². The highest BCUT2D eigenvalue weighted by molar-refractivity contribution is 5.03. The topological polar surface area (TPSA) is 29.3 Å². The molecule has 1 saturated carbocycles. The third kappa shape index (κ3) is 0.700. The van der Waals surface area contributed by atoms with Crippen LogP contribution in [-0.4, -0.2) is 31.1 Å². The molecule has 2 N–H and O–H groups in total. The molecule has 0 aromatic carbocycles. The molecule has 0 spiro atoms. The van der Waals surface area contributed by atoms with Gasteiger partial charge in [0.05, 0.1) is 0 Å². The largest absolute Gasteiger partial charge is 0.329 e. The van der Waals surface area contributed by atoms with Crippen molar-refractivity contribution in [2.75, 3.05) is 20.1 Å². The maximum atomic E-state index is 5.60. The van der Waals surface area contributed by atoms with Crippen LogP contribution < -0.4 is 5.73 Å². The molecule has 2 fully saturated rings. The van der Waals surface area contributed by atoms with Crippen molar-refractivity contribution in [2.45, 2.75) is 12.5 Å². The maximum Gasteiger partial charge on any atom is 0.0246 e. The van der Waals surface area contributed by atoms with E-state index in [0.717, 1.165) is 24.4 Å². The van der Waals surface area contributed by atoms with E-state index >= 15 is 0 Å². The average Bonchev–Trinajstić information content (AvgIpc) is 2.45. The van der Waals surface area contributed by atoms with E-state index in [0.29, 0.717) is 0 Å². The first-order valence-electron chi connectivity index (χ1n) is 3.73. The number of nitrogens with two attached hydrogens (primary N) is 1. The number of hydrogen-bond acceptors (Lipinski definition) is 2. The maximum absolute atomic E-state index is 5.60. The first-order valence-corrected chi connectivity index (χ1v) is 3.73. The molecule has 3 atom stereocenters. The number of nitrogens with zero attached hydrogens (tertiary/aromatic N) is 1. The van der Waals surface area contributed by atoms with E-state index in [4.69, 9.17) is 5.73 Å². The van der Waals surface area contributed by atoms with Gasteiger partial charge in [-0.25, -0.2) is 0 Å². The van der Waals surface area contributed by atoms with E-state index in [1.54, 1.807) is 0 Å². The quantitative estimate of drug-likeness (QED) is 0.531. The molecule has 1 saturated heterocycles. The van der Waals surface area contributed by atoms with E-state index in [2.05, 4.69) is 11.9 Å². The first-order chi connectivity index (χ1) is 4.33. The average molecular weight is 126 g/mol. The van der Waals surface area contributed by atoms with E-state index in [1.807, 2.05) is 0 Å². The van der Waals surface area contributed by atoms with Gasteiger partial charge >= 0.3 is 0 Å². The molecule has 9 heavy (non-hydrogen) atoms. The Hall–Kier alpha value is -0.0800. The minimum absolute atomic E-state index is 0.718. The molecule has 0 aromatic rings. The highest BCUT2D eigenvalue weighted by atomic mass is 15.2. The van der Waals surface area contributed by atoms with Crippen molar-refractivity contribution in [3.05, 3.63) is 0 Å². The zero-order valence-electron chi connectivity index (χ0n) is 5.88. The SMILES string of the molecule is CN1CC2CC2C1CN. The van der Waals surface area contributed by atoms with Crippen molar-refractivity contribution in [3.8, 4) is 0 Å². The van der Waals surface area contributed by atoms with Crippen molar-refractivity contribution in [1.29, 1.82) is 0 Å². The fraction of sp³-hybridized carbons (Fsp3) is 1.00. The summed E-state index contributed by atoms with van der Waals surface area (Å²) in [5.41, 5.74) is 5.60. The zero-order valence-corrected chi connectivity index (χ0v) is 5.88. The smallest absolute Gasteiger partial charge is 0.0246 e. The monoisotopic (exact) mass is 126 g/mol. The van der Waals surface area contributed by atoms with Gasteiger partial charge < -0.3 is 10.6 Å². The van der Waals surface area contributed by atoms with E-state index in [9.17, 15) is 0 Å². The summed E-state index contributed by atoms with van der Waals surface area (Å²) in [4.78, 5) is 2.40. The van der Waals surface area contributed by atoms with Crippen LogP contribution in [0.1, 0.15) is 6.42 Å². The lowest BCUT2D eigenvalue weighted by Gasteiger charge is -2.20. The van der Waals surface area contributed by atoms with Crippen LogP contribution in [0.2, 0.25) is 0 Å². The molecular weight excluding hydrogens is 112 g/mol. The van der Waals surface area contributed by atoms with E-state index in [-0.39, 0.29) is 0 Å². The predicted molar refractivity (Wildman–Crippen MR) is 37.1 cm³/mol. The first kappa shape index (κ1) is 5.69. The second-order valence-electron chi connectivity index (χ2n) is 3.40. The summed E-state index contributed by atoms with van der Waals surface area (Å²) in [6.07, 6.45) is 1.45. The van der Waals surface area contributed by atoms with Crippen molar-refractivity contribution in [2.24, 2.45) is 17.6 Å². The molecule has 2 rings (SSSR count). The molecule has 1 aliphatic heterocycles. The Morgan fingerprint density at radius 2 is 2.44 bits per heavy atom. The molecule has 2 heteroatoms. The summed E-state index contributed by atoms with van der Waals surface area (Å²) in [5, 5.41) is 0. The predicted octanol–water partition coefficient (Wildman–Crippen LogP) is -0.105. The van der Waals surface area contributed by atoms with Gasteiger partial charge in [0, 0.05) is 19.1 Å². The van der Waals surface area contributed by atoms with Gasteiger partial charge in [0.2, 0.25) is 0 Å². The fourth-order valence-electron chi connectivity index (χ4n) is 2.14. The van der Waals surface area contributed by atoms with E-state index in [1.165, 1.54) is 13.0 Å². The van der Waals surface area contributed by atoms with Gasteiger partial charge in [-0.05, 0) is 25.3 Å². The van der Waals surface area contributed by atoms with Gasteiger partial charge in [-0.2, -0.15) is 0 Å². The second-order valence-corrected chi connectivity index (χ2v) is 3.40. The molecule has 0 radical (unpaired) electrons. The Morgan fingerprint density at radius 3 is 2.78 bits per heavy atom. The van der Waals surface area contributed by atoms with Crippen LogP contribution in [0.25, 0.3) is 0 Å². The summed E-state index contributed by atoms with van der Waals surface area (Å²) < 4.78 is 0. The summed E-state index contributed by atoms with van der Waals surface area (Å²) in [6, 6.07) is 0.718. The second kappa shape index (κ2) is 1.70. The number of fused-ring (bicyclic) bond motifs is 1. The Morgan fingerprint density at radius 1 is 1.67 bits per heavy atom. The molecule has 2 aliphatic rings. The Labute approximate surface area is 56.0 Å². The lowest BCUT2D eigenvalue weighted by molar-refractivity contribution is 0.275. The summed E-state index contributed by atoms with van der Waals surface area (Å²) in [7, 11) is 2.18. The minimum atomic E-state index is 0.718. The summed E-state index contributed by atoms with van der Waals surface area (Å²) in [6.45, 7) is 2.16. The highest BCUT2D eigenvalue weighted by Crippen LogP contribution is 2.48. The van der Waals surface area contributed by atoms with Gasteiger partial charge in [0.1, 0.15) is 0 Å².